The zero-order valence-electron chi connectivity index (χ0n) is 53.5. The van der Waals surface area contributed by atoms with Crippen LogP contribution in [0.15, 0.2) is 109 Å². The Hall–Kier alpha value is -7.61. The maximum Gasteiger partial charge on any atom is 0.317 e. The lowest BCUT2D eigenvalue weighted by Gasteiger charge is -2.09. The van der Waals surface area contributed by atoms with Crippen LogP contribution in [-0.4, -0.2) is 81.4 Å². The van der Waals surface area contributed by atoms with E-state index in [0.717, 1.165) is 47.9 Å². The van der Waals surface area contributed by atoms with Gasteiger partial charge in [0.2, 0.25) is 0 Å². The second-order valence-electron chi connectivity index (χ2n) is 20.9. The summed E-state index contributed by atoms with van der Waals surface area (Å²) in [7, 11) is 0. The van der Waals surface area contributed by atoms with Crippen LogP contribution in [0.4, 0.5) is 0 Å². The number of rotatable bonds is 27. The van der Waals surface area contributed by atoms with Gasteiger partial charge in [0, 0.05) is 12.8 Å². The molecule has 5 rings (SSSR count). The fourth-order valence-electron chi connectivity index (χ4n) is 7.69. The summed E-state index contributed by atoms with van der Waals surface area (Å²) in [6.45, 7) is 30.3. The van der Waals surface area contributed by atoms with Gasteiger partial charge in [0.15, 0.2) is 0 Å². The molecule has 0 N–H and O–H groups in total. The van der Waals surface area contributed by atoms with Crippen LogP contribution in [0.1, 0.15) is 176 Å². The summed E-state index contributed by atoms with van der Waals surface area (Å²) >= 11 is 0. The van der Waals surface area contributed by atoms with E-state index in [9.17, 15) is 33.6 Å². The molecule has 0 aliphatic heterocycles. The largest absolute Gasteiger partial charge is 0.466 e. The average molecular weight is 1180 g/mol. The first-order valence-electron chi connectivity index (χ1n) is 30.1. The number of benzene rings is 5. The molecule has 0 saturated carbocycles. The van der Waals surface area contributed by atoms with Crippen molar-refractivity contribution in [3.8, 4) is 16.9 Å². The standard InChI is InChI=1S/C18H20O2.C17H24O4.C16H22O4.C11H16.C9H16O4/c1-4-14(3)18(19)20-17-11-9-16(10-12-17)15-7-5-13(2)6-8-15;1-4-8-20-16(18)5-6-17(19)21-9-7-15-11-13(2)10-14(3)12-15;1-4-6-19-15(17)11-16(18)20-7-5-14-9-12(2)8-13(3)10-14;1-4-10(3)11-7-5-9(2)6-8-11;1-3-7-13-9(11)6-5-8(10)12-4-2/h5-12,14H,4H2,1-3H3;10-12H,4-9H2,1-3H3;8-10H,4-7,11H2,1-3H3;5-8,10H,4H2,1-3H3;3-7H2,1-2H3. The van der Waals surface area contributed by atoms with Gasteiger partial charge < -0.3 is 33.2 Å². The molecule has 2 unspecified atom stereocenters. The Bertz CT molecular complexity index is 2690. The lowest BCUT2D eigenvalue weighted by molar-refractivity contribution is -0.154. The van der Waals surface area contributed by atoms with E-state index in [0.29, 0.717) is 57.5 Å². The van der Waals surface area contributed by atoms with E-state index in [1.165, 1.54) is 45.4 Å². The van der Waals surface area contributed by atoms with Gasteiger partial charge in [0.25, 0.3) is 0 Å². The highest BCUT2D eigenvalue weighted by molar-refractivity contribution is 5.91. The monoisotopic (exact) mass is 1170 g/mol. The minimum Gasteiger partial charge on any atom is -0.466 e. The molecule has 5 aromatic rings. The molecule has 0 saturated heterocycles. The van der Waals surface area contributed by atoms with Crippen LogP contribution >= 0.6 is 0 Å². The maximum atomic E-state index is 11.7. The molecule has 0 bridgehead atoms. The maximum absolute atomic E-state index is 11.7. The Morgan fingerprint density at radius 1 is 0.376 bits per heavy atom. The van der Waals surface area contributed by atoms with Crippen molar-refractivity contribution in [2.24, 2.45) is 5.92 Å². The van der Waals surface area contributed by atoms with Crippen LogP contribution in [0, 0.1) is 47.5 Å². The lowest BCUT2D eigenvalue weighted by Crippen LogP contribution is -2.16. The Morgan fingerprint density at radius 3 is 1.08 bits per heavy atom. The predicted octanol–water partition coefficient (Wildman–Crippen LogP) is 15.3. The highest BCUT2D eigenvalue weighted by atomic mass is 16.6. The summed E-state index contributed by atoms with van der Waals surface area (Å²) < 4.78 is 34.6. The highest BCUT2D eigenvalue weighted by Gasteiger charge is 2.15. The molecule has 5 aromatic carbocycles. The van der Waals surface area contributed by atoms with Crippen molar-refractivity contribution in [3.63, 3.8) is 0 Å². The first kappa shape index (κ1) is 75.4. The topological polar surface area (TPSA) is 184 Å². The molecule has 466 valence electrons. The molecule has 0 aliphatic carbocycles. The van der Waals surface area contributed by atoms with Crippen molar-refractivity contribution in [2.45, 2.75) is 180 Å². The van der Waals surface area contributed by atoms with E-state index in [1.54, 1.807) is 6.92 Å². The second kappa shape index (κ2) is 44.8. The molecule has 0 aromatic heterocycles. The summed E-state index contributed by atoms with van der Waals surface area (Å²) in [4.78, 5) is 78.8. The molecular weight excluding hydrogens is 1080 g/mol. The number of ether oxygens (including phenoxy) is 7. The number of hydrogen-bond acceptors (Lipinski definition) is 14. The van der Waals surface area contributed by atoms with E-state index >= 15 is 0 Å². The van der Waals surface area contributed by atoms with Crippen molar-refractivity contribution in [2.75, 3.05) is 39.6 Å². The normalized spacial score (nSPS) is 10.8. The molecule has 85 heavy (non-hydrogen) atoms. The van der Waals surface area contributed by atoms with Gasteiger partial charge in [0.05, 0.1) is 71.2 Å². The molecular formula is C71H98O14. The van der Waals surface area contributed by atoms with Gasteiger partial charge in [-0.05, 0) is 126 Å². The molecule has 14 nitrogen and oxygen atoms in total. The molecule has 0 aliphatic rings. The van der Waals surface area contributed by atoms with Gasteiger partial charge in [-0.3, -0.25) is 33.6 Å². The summed E-state index contributed by atoms with van der Waals surface area (Å²) in [5, 5.41) is 0. The molecule has 2 atom stereocenters. The number of hydrogen-bond donors (Lipinski definition) is 0. The van der Waals surface area contributed by atoms with Crippen molar-refractivity contribution < 1.29 is 66.7 Å². The Morgan fingerprint density at radius 2 is 0.718 bits per heavy atom. The molecule has 0 radical (unpaired) electrons. The highest BCUT2D eigenvalue weighted by Crippen LogP contribution is 2.24. The third kappa shape index (κ3) is 36.7. The van der Waals surface area contributed by atoms with Gasteiger partial charge in [0.1, 0.15) is 12.2 Å². The Kier molecular flexibility index (Phi) is 39.8. The van der Waals surface area contributed by atoms with Crippen LogP contribution in [0.5, 0.6) is 5.75 Å². The third-order valence-electron chi connectivity index (χ3n) is 12.7. The van der Waals surface area contributed by atoms with E-state index in [1.807, 2.05) is 86.6 Å². The fourth-order valence-corrected chi connectivity index (χ4v) is 7.69. The van der Waals surface area contributed by atoms with Crippen LogP contribution in [0.3, 0.4) is 0 Å². The summed E-state index contributed by atoms with van der Waals surface area (Å²) in [6.07, 6.45) is 5.75. The first-order chi connectivity index (χ1) is 40.5. The number of aryl methyl sites for hydroxylation is 6. The molecule has 0 heterocycles. The smallest absolute Gasteiger partial charge is 0.317 e. The van der Waals surface area contributed by atoms with Gasteiger partial charge in [-0.1, -0.05) is 179 Å². The molecule has 0 amide bonds. The van der Waals surface area contributed by atoms with Gasteiger partial charge in [-0.25, -0.2) is 0 Å². The van der Waals surface area contributed by atoms with E-state index < -0.39 is 11.9 Å². The molecule has 14 heteroatoms. The SMILES string of the molecule is CCC(C)C(=O)Oc1ccc(-c2ccc(C)cc2)cc1.CCC(C)c1ccc(C)cc1.CCCOC(=O)CC(=O)OCCc1cc(C)cc(C)c1.CCCOC(=O)CCC(=O)OCC.CCCOC(=O)CCC(=O)OCCc1cc(C)cc(C)c1. The van der Waals surface area contributed by atoms with E-state index in [4.69, 9.17) is 28.4 Å². The van der Waals surface area contributed by atoms with Crippen LogP contribution in [0.2, 0.25) is 0 Å². The van der Waals surface area contributed by atoms with Gasteiger partial charge in [-0.15, -0.1) is 0 Å². The van der Waals surface area contributed by atoms with Gasteiger partial charge >= 0.3 is 41.8 Å². The minimum atomic E-state index is -0.532. The van der Waals surface area contributed by atoms with Crippen LogP contribution in [0.25, 0.3) is 11.1 Å². The lowest BCUT2D eigenvalue weighted by atomic mass is 9.98. The molecule has 0 fully saturated rings. The zero-order valence-corrected chi connectivity index (χ0v) is 53.5. The molecule has 0 spiro atoms. The number of esters is 7. The van der Waals surface area contributed by atoms with Crippen LogP contribution < -0.4 is 4.74 Å². The number of carbonyl (C=O) groups is 7. The van der Waals surface area contributed by atoms with Crippen molar-refractivity contribution in [3.05, 3.63) is 159 Å². The second-order valence-corrected chi connectivity index (χ2v) is 20.9. The number of carbonyl (C=O) groups excluding carboxylic acids is 7. The Labute approximate surface area is 508 Å². The van der Waals surface area contributed by atoms with E-state index in [-0.39, 0.29) is 74.5 Å². The first-order valence-corrected chi connectivity index (χ1v) is 30.1. The third-order valence-corrected chi connectivity index (χ3v) is 12.7. The summed E-state index contributed by atoms with van der Waals surface area (Å²) in [6, 6.07) is 37.3. The van der Waals surface area contributed by atoms with Crippen molar-refractivity contribution in [1.82, 2.24) is 0 Å². The summed E-state index contributed by atoms with van der Waals surface area (Å²) in [5.74, 6) is -1.37. The van der Waals surface area contributed by atoms with E-state index in [2.05, 4.69) is 117 Å². The summed E-state index contributed by atoms with van der Waals surface area (Å²) in [5.41, 5.74) is 13.4. The Balaban J connectivity index is 0.000000542. The fraction of sp³-hybridized carbons (Fsp3) is 0.479. The average Bonchev–Trinajstić information content (AvgIpc) is 3.62. The zero-order chi connectivity index (χ0) is 63.5. The van der Waals surface area contributed by atoms with Crippen molar-refractivity contribution >= 4 is 41.8 Å². The van der Waals surface area contributed by atoms with Crippen molar-refractivity contribution in [1.29, 1.82) is 0 Å². The predicted molar refractivity (Wildman–Crippen MR) is 336 cm³/mol. The minimum absolute atomic E-state index is 0.0632. The van der Waals surface area contributed by atoms with Crippen LogP contribution in [-0.2, 0) is 74.8 Å². The van der Waals surface area contributed by atoms with Gasteiger partial charge in [-0.2, -0.15) is 0 Å². The quantitative estimate of drug-likeness (QED) is 0.0209.